The largest absolute Gasteiger partial charge is 0.449 e. The number of aromatic nitrogens is 1. The average molecular weight is 162 g/mol. The zero-order valence-corrected chi connectivity index (χ0v) is 6.15. The quantitative estimate of drug-likeness (QED) is 0.678. The molecule has 0 fully saturated rings. The molecule has 2 N–H and O–H groups in total. The fourth-order valence-corrected chi connectivity index (χ4v) is 1.01. The third kappa shape index (κ3) is 0.934. The smallest absolute Gasteiger partial charge is 0.284 e. The Labute approximate surface area is 68.0 Å². The lowest BCUT2D eigenvalue weighted by molar-refractivity contribution is 0.0976. The molecule has 4 nitrogen and oxygen atoms in total. The molecule has 0 spiro atoms. The Morgan fingerprint density at radius 3 is 3.08 bits per heavy atom. The van der Waals surface area contributed by atoms with Gasteiger partial charge in [0, 0.05) is 11.6 Å². The molecule has 2 heterocycles. The molecule has 0 aromatic carbocycles. The number of nitrogens with zero attached hydrogens (tertiary/aromatic N) is 1. The van der Waals surface area contributed by atoms with Crippen molar-refractivity contribution >= 4 is 16.9 Å². The Hall–Kier alpha value is -1.84. The van der Waals surface area contributed by atoms with Gasteiger partial charge in [0.05, 0.1) is 6.20 Å². The Morgan fingerprint density at radius 1 is 1.58 bits per heavy atom. The molecule has 0 atom stereocenters. The zero-order valence-electron chi connectivity index (χ0n) is 6.15. The van der Waals surface area contributed by atoms with Crippen LogP contribution < -0.4 is 5.73 Å². The van der Waals surface area contributed by atoms with E-state index >= 15 is 0 Å². The van der Waals surface area contributed by atoms with Crippen molar-refractivity contribution in [2.24, 2.45) is 5.73 Å². The number of fused-ring (bicyclic) bond motifs is 1. The van der Waals surface area contributed by atoms with Crippen LogP contribution in [0.3, 0.4) is 0 Å². The van der Waals surface area contributed by atoms with Crippen molar-refractivity contribution in [2.45, 2.75) is 0 Å². The van der Waals surface area contributed by atoms with Crippen molar-refractivity contribution in [2.75, 3.05) is 0 Å². The summed E-state index contributed by atoms with van der Waals surface area (Å²) in [6.07, 6.45) is 3.17. The predicted octanol–water partition coefficient (Wildman–Crippen LogP) is 0.927. The maximum Gasteiger partial charge on any atom is 0.284 e. The number of hydrogen-bond donors (Lipinski definition) is 1. The number of hydrogen-bond acceptors (Lipinski definition) is 3. The molecule has 0 radical (unpaired) electrons. The Bertz CT molecular complexity index is 400. The molecule has 2 rings (SSSR count). The lowest BCUT2D eigenvalue weighted by Gasteiger charge is -1.83. The molecule has 2 aromatic rings. The molecule has 2 aromatic heterocycles. The van der Waals surface area contributed by atoms with Gasteiger partial charge in [-0.2, -0.15) is 0 Å². The van der Waals surface area contributed by atoms with E-state index < -0.39 is 5.91 Å². The van der Waals surface area contributed by atoms with E-state index in [1.54, 1.807) is 24.5 Å². The van der Waals surface area contributed by atoms with Crippen LogP contribution in [-0.4, -0.2) is 10.9 Å². The van der Waals surface area contributed by atoms with E-state index in [1.165, 1.54) is 0 Å². The molecule has 60 valence electrons. The van der Waals surface area contributed by atoms with Gasteiger partial charge >= 0.3 is 0 Å². The highest BCUT2D eigenvalue weighted by Gasteiger charge is 2.07. The minimum atomic E-state index is -0.564. The molecular weight excluding hydrogens is 156 g/mol. The molecule has 0 saturated heterocycles. The van der Waals surface area contributed by atoms with Crippen LogP contribution in [-0.2, 0) is 0 Å². The highest BCUT2D eigenvalue weighted by Crippen LogP contribution is 2.16. The summed E-state index contributed by atoms with van der Waals surface area (Å²) < 4.78 is 5.09. The zero-order chi connectivity index (χ0) is 8.55. The van der Waals surface area contributed by atoms with Crippen LogP contribution in [0.2, 0.25) is 0 Å². The van der Waals surface area contributed by atoms with Gasteiger partial charge in [0.1, 0.15) is 0 Å². The first-order valence-electron chi connectivity index (χ1n) is 3.41. The maximum absolute atomic E-state index is 10.7. The van der Waals surface area contributed by atoms with Gasteiger partial charge in [-0.3, -0.25) is 9.78 Å². The van der Waals surface area contributed by atoms with Crippen LogP contribution in [0.5, 0.6) is 0 Å². The number of furan rings is 1. The molecular formula is C8H6N2O2. The summed E-state index contributed by atoms with van der Waals surface area (Å²) in [6.45, 7) is 0. The van der Waals surface area contributed by atoms with E-state index in [-0.39, 0.29) is 5.76 Å². The first kappa shape index (κ1) is 6.84. The van der Waals surface area contributed by atoms with Crippen LogP contribution in [0.15, 0.2) is 28.9 Å². The van der Waals surface area contributed by atoms with E-state index in [9.17, 15) is 4.79 Å². The van der Waals surface area contributed by atoms with Crippen molar-refractivity contribution < 1.29 is 9.21 Å². The predicted molar refractivity (Wildman–Crippen MR) is 42.5 cm³/mol. The Balaban J connectivity index is 2.70. The number of pyridine rings is 1. The number of carbonyl (C=O) groups is 1. The summed E-state index contributed by atoms with van der Waals surface area (Å²) in [5, 5.41) is 0.832. The van der Waals surface area contributed by atoms with E-state index in [0.29, 0.717) is 5.58 Å². The number of amides is 1. The monoisotopic (exact) mass is 162 g/mol. The molecule has 4 heteroatoms. The van der Waals surface area contributed by atoms with Crippen LogP contribution in [0, 0.1) is 0 Å². The molecule has 12 heavy (non-hydrogen) atoms. The van der Waals surface area contributed by atoms with Gasteiger partial charge in [-0.15, -0.1) is 0 Å². The average Bonchev–Trinajstić information content (AvgIpc) is 2.46. The van der Waals surface area contributed by atoms with Crippen LogP contribution in [0.1, 0.15) is 10.6 Å². The van der Waals surface area contributed by atoms with Gasteiger partial charge in [-0.1, -0.05) is 0 Å². The highest BCUT2D eigenvalue weighted by atomic mass is 16.3. The summed E-state index contributed by atoms with van der Waals surface area (Å²) in [5.41, 5.74) is 5.60. The van der Waals surface area contributed by atoms with Crippen LogP contribution >= 0.6 is 0 Å². The lowest BCUT2D eigenvalue weighted by atomic mass is 10.3. The number of primary amides is 1. The number of nitrogens with two attached hydrogens (primary N) is 1. The molecule has 0 aliphatic rings. The first-order chi connectivity index (χ1) is 5.77. The first-order valence-corrected chi connectivity index (χ1v) is 3.41. The molecule has 0 bridgehead atoms. The number of carbonyl (C=O) groups excluding carboxylic acids is 1. The third-order valence-electron chi connectivity index (χ3n) is 1.57. The van der Waals surface area contributed by atoms with Gasteiger partial charge in [0.15, 0.2) is 11.3 Å². The lowest BCUT2D eigenvalue weighted by Crippen LogP contribution is -2.08. The van der Waals surface area contributed by atoms with E-state index in [1.807, 2.05) is 0 Å². The number of rotatable bonds is 1. The fourth-order valence-electron chi connectivity index (χ4n) is 1.01. The summed E-state index contributed by atoms with van der Waals surface area (Å²) in [4.78, 5) is 14.5. The SMILES string of the molecule is NC(=O)c1cc2ccncc2o1. The van der Waals surface area contributed by atoms with Gasteiger partial charge in [0.25, 0.3) is 5.91 Å². The minimum absolute atomic E-state index is 0.165. The molecule has 0 saturated carbocycles. The Morgan fingerprint density at radius 2 is 2.42 bits per heavy atom. The standard InChI is InChI=1S/C8H6N2O2/c9-8(11)6-3-5-1-2-10-4-7(5)12-6/h1-4H,(H2,9,11). The van der Waals surface area contributed by atoms with E-state index in [4.69, 9.17) is 10.2 Å². The second kappa shape index (κ2) is 2.34. The summed E-state index contributed by atoms with van der Waals surface area (Å²) >= 11 is 0. The molecule has 0 unspecified atom stereocenters. The van der Waals surface area contributed by atoms with Gasteiger partial charge in [-0.25, -0.2) is 0 Å². The fraction of sp³-hybridized carbons (Fsp3) is 0. The van der Waals surface area contributed by atoms with Crippen LogP contribution in [0.25, 0.3) is 11.0 Å². The summed E-state index contributed by atoms with van der Waals surface area (Å²) in [6, 6.07) is 3.35. The summed E-state index contributed by atoms with van der Waals surface area (Å²) in [7, 11) is 0. The second-order valence-corrected chi connectivity index (χ2v) is 2.39. The normalized spacial score (nSPS) is 10.3. The van der Waals surface area contributed by atoms with Crippen LogP contribution in [0.4, 0.5) is 0 Å². The van der Waals surface area contributed by atoms with Crippen molar-refractivity contribution in [1.82, 2.24) is 4.98 Å². The summed E-state index contributed by atoms with van der Waals surface area (Å²) in [5.74, 6) is -0.399. The van der Waals surface area contributed by atoms with Gasteiger partial charge in [0.2, 0.25) is 0 Å². The van der Waals surface area contributed by atoms with Crippen molar-refractivity contribution in [1.29, 1.82) is 0 Å². The molecule has 0 aliphatic carbocycles. The Kier molecular flexibility index (Phi) is 1.33. The van der Waals surface area contributed by atoms with E-state index in [2.05, 4.69) is 4.98 Å². The van der Waals surface area contributed by atoms with Crippen molar-refractivity contribution in [3.05, 3.63) is 30.3 Å². The minimum Gasteiger partial charge on any atom is -0.449 e. The second-order valence-electron chi connectivity index (χ2n) is 2.39. The topological polar surface area (TPSA) is 69.1 Å². The maximum atomic E-state index is 10.7. The van der Waals surface area contributed by atoms with Crippen molar-refractivity contribution in [3.63, 3.8) is 0 Å². The van der Waals surface area contributed by atoms with E-state index in [0.717, 1.165) is 5.39 Å². The molecule has 0 aliphatic heterocycles. The highest BCUT2D eigenvalue weighted by molar-refractivity contribution is 5.94. The van der Waals surface area contributed by atoms with Crippen molar-refractivity contribution in [3.8, 4) is 0 Å². The van der Waals surface area contributed by atoms with Gasteiger partial charge in [-0.05, 0) is 12.1 Å². The van der Waals surface area contributed by atoms with Gasteiger partial charge < -0.3 is 10.2 Å². The third-order valence-corrected chi connectivity index (χ3v) is 1.57. The molecule has 1 amide bonds.